The maximum absolute atomic E-state index is 6.07. The van der Waals surface area contributed by atoms with E-state index < -0.39 is 0 Å². The van der Waals surface area contributed by atoms with Crippen LogP contribution in [-0.2, 0) is 0 Å². The van der Waals surface area contributed by atoms with E-state index in [0.29, 0.717) is 24.0 Å². The van der Waals surface area contributed by atoms with Crippen LogP contribution in [0, 0.1) is 0 Å². The number of rotatable bonds is 2. The van der Waals surface area contributed by atoms with Crippen LogP contribution in [0.3, 0.4) is 0 Å². The lowest BCUT2D eigenvalue weighted by Crippen LogP contribution is -2.51. The van der Waals surface area contributed by atoms with E-state index in [1.165, 1.54) is 32.1 Å². The number of benzene rings is 1. The summed E-state index contributed by atoms with van der Waals surface area (Å²) in [5.74, 6) is 0.707. The third-order valence-electron chi connectivity index (χ3n) is 5.48. The standard InChI is InChI=1S/C18H28N2/c1-13-10-11-18(17-9-4-3-8-16(13)17)20-14(2)6-5-7-15(20)12-19/h3-4,8-9,13-15,18H,5-7,10-12,19H2,1-2H3. The second-order valence-electron chi connectivity index (χ2n) is 6.74. The molecule has 0 radical (unpaired) electrons. The van der Waals surface area contributed by atoms with E-state index >= 15 is 0 Å². The molecule has 1 aliphatic carbocycles. The molecule has 0 saturated carbocycles. The van der Waals surface area contributed by atoms with Crippen molar-refractivity contribution in [2.45, 2.75) is 70.0 Å². The van der Waals surface area contributed by atoms with E-state index in [4.69, 9.17) is 5.73 Å². The molecule has 0 spiro atoms. The highest BCUT2D eigenvalue weighted by atomic mass is 15.2. The molecule has 20 heavy (non-hydrogen) atoms. The summed E-state index contributed by atoms with van der Waals surface area (Å²) in [5.41, 5.74) is 9.20. The monoisotopic (exact) mass is 272 g/mol. The quantitative estimate of drug-likeness (QED) is 0.886. The van der Waals surface area contributed by atoms with Gasteiger partial charge in [-0.3, -0.25) is 4.90 Å². The SMILES string of the molecule is CC1CCC(N2C(C)CCCC2CN)c2ccccc21. The van der Waals surface area contributed by atoms with Crippen molar-refractivity contribution in [2.24, 2.45) is 5.73 Å². The topological polar surface area (TPSA) is 29.3 Å². The van der Waals surface area contributed by atoms with E-state index in [0.717, 1.165) is 6.54 Å². The van der Waals surface area contributed by atoms with Gasteiger partial charge in [-0.15, -0.1) is 0 Å². The van der Waals surface area contributed by atoms with Gasteiger partial charge in [0.1, 0.15) is 0 Å². The van der Waals surface area contributed by atoms with Gasteiger partial charge < -0.3 is 5.73 Å². The zero-order chi connectivity index (χ0) is 14.1. The molecule has 0 aromatic heterocycles. The molecule has 110 valence electrons. The summed E-state index contributed by atoms with van der Waals surface area (Å²) in [7, 11) is 0. The third kappa shape index (κ3) is 2.40. The van der Waals surface area contributed by atoms with Gasteiger partial charge in [-0.2, -0.15) is 0 Å². The second kappa shape index (κ2) is 5.87. The molecule has 0 bridgehead atoms. The van der Waals surface area contributed by atoms with Crippen LogP contribution in [0.1, 0.15) is 69.0 Å². The molecule has 1 saturated heterocycles. The molecule has 3 rings (SSSR count). The molecule has 4 atom stereocenters. The Balaban J connectivity index is 1.95. The fraction of sp³-hybridized carbons (Fsp3) is 0.667. The molecule has 0 amide bonds. The van der Waals surface area contributed by atoms with E-state index in [9.17, 15) is 0 Å². The number of hydrogen-bond donors (Lipinski definition) is 1. The summed E-state index contributed by atoms with van der Waals surface area (Å²) < 4.78 is 0. The Bertz CT molecular complexity index is 456. The average molecular weight is 272 g/mol. The van der Waals surface area contributed by atoms with Crippen LogP contribution in [0.25, 0.3) is 0 Å². The number of piperidine rings is 1. The minimum Gasteiger partial charge on any atom is -0.329 e. The molecule has 2 nitrogen and oxygen atoms in total. The Labute approximate surface area is 123 Å². The highest BCUT2D eigenvalue weighted by Crippen LogP contribution is 2.43. The number of nitrogens with zero attached hydrogens (tertiary/aromatic N) is 1. The Morgan fingerprint density at radius 3 is 2.55 bits per heavy atom. The summed E-state index contributed by atoms with van der Waals surface area (Å²) in [6, 6.07) is 10.9. The van der Waals surface area contributed by atoms with Crippen LogP contribution >= 0.6 is 0 Å². The minimum absolute atomic E-state index is 0.574. The smallest absolute Gasteiger partial charge is 0.0357 e. The number of nitrogens with two attached hydrogens (primary N) is 1. The first-order valence-corrected chi connectivity index (χ1v) is 8.28. The van der Waals surface area contributed by atoms with E-state index in [2.05, 4.69) is 43.0 Å². The van der Waals surface area contributed by atoms with Crippen molar-refractivity contribution < 1.29 is 0 Å². The fourth-order valence-corrected chi connectivity index (χ4v) is 4.40. The average Bonchev–Trinajstić information content (AvgIpc) is 2.48. The highest BCUT2D eigenvalue weighted by molar-refractivity contribution is 5.35. The lowest BCUT2D eigenvalue weighted by Gasteiger charge is -2.47. The second-order valence-corrected chi connectivity index (χ2v) is 6.74. The zero-order valence-electron chi connectivity index (χ0n) is 12.9. The van der Waals surface area contributed by atoms with Crippen molar-refractivity contribution in [2.75, 3.05) is 6.54 Å². The van der Waals surface area contributed by atoms with Crippen LogP contribution in [0.5, 0.6) is 0 Å². The Kier molecular flexibility index (Phi) is 4.13. The molecule has 1 fully saturated rings. The van der Waals surface area contributed by atoms with E-state index in [1.807, 2.05) is 0 Å². The van der Waals surface area contributed by atoms with Crippen molar-refractivity contribution in [3.63, 3.8) is 0 Å². The van der Waals surface area contributed by atoms with Gasteiger partial charge in [-0.05, 0) is 49.7 Å². The number of hydrogen-bond acceptors (Lipinski definition) is 2. The zero-order valence-corrected chi connectivity index (χ0v) is 12.9. The van der Waals surface area contributed by atoms with Gasteiger partial charge in [0.2, 0.25) is 0 Å². The lowest BCUT2D eigenvalue weighted by atomic mass is 9.78. The highest BCUT2D eigenvalue weighted by Gasteiger charge is 2.36. The van der Waals surface area contributed by atoms with Gasteiger partial charge in [-0.25, -0.2) is 0 Å². The molecule has 2 aliphatic rings. The van der Waals surface area contributed by atoms with Crippen molar-refractivity contribution in [3.8, 4) is 0 Å². The summed E-state index contributed by atoms with van der Waals surface area (Å²) in [4.78, 5) is 2.74. The predicted octanol–water partition coefficient (Wildman–Crippen LogP) is 3.83. The Hall–Kier alpha value is -0.860. The maximum atomic E-state index is 6.07. The summed E-state index contributed by atoms with van der Waals surface area (Å²) in [5, 5.41) is 0. The molecule has 1 aromatic carbocycles. The maximum Gasteiger partial charge on any atom is 0.0357 e. The summed E-state index contributed by atoms with van der Waals surface area (Å²) in [6.07, 6.45) is 6.53. The molecular weight excluding hydrogens is 244 g/mol. The number of fused-ring (bicyclic) bond motifs is 1. The van der Waals surface area contributed by atoms with Gasteiger partial charge in [0.05, 0.1) is 0 Å². The van der Waals surface area contributed by atoms with Crippen LogP contribution in [0.2, 0.25) is 0 Å². The van der Waals surface area contributed by atoms with Crippen molar-refractivity contribution in [3.05, 3.63) is 35.4 Å². The summed E-state index contributed by atoms with van der Waals surface area (Å²) in [6.45, 7) is 5.57. The van der Waals surface area contributed by atoms with Crippen LogP contribution in [0.15, 0.2) is 24.3 Å². The first-order valence-electron chi connectivity index (χ1n) is 8.28. The Morgan fingerprint density at radius 2 is 1.80 bits per heavy atom. The summed E-state index contributed by atoms with van der Waals surface area (Å²) >= 11 is 0. The largest absolute Gasteiger partial charge is 0.329 e. The first-order chi connectivity index (χ1) is 9.72. The van der Waals surface area contributed by atoms with E-state index in [1.54, 1.807) is 11.1 Å². The van der Waals surface area contributed by atoms with Crippen molar-refractivity contribution in [1.29, 1.82) is 0 Å². The van der Waals surface area contributed by atoms with Crippen molar-refractivity contribution >= 4 is 0 Å². The minimum atomic E-state index is 0.574. The third-order valence-corrected chi connectivity index (χ3v) is 5.48. The fourth-order valence-electron chi connectivity index (χ4n) is 4.40. The van der Waals surface area contributed by atoms with Gasteiger partial charge in [0.25, 0.3) is 0 Å². The molecule has 2 N–H and O–H groups in total. The predicted molar refractivity (Wildman–Crippen MR) is 84.8 cm³/mol. The van der Waals surface area contributed by atoms with Gasteiger partial charge in [-0.1, -0.05) is 37.6 Å². The molecule has 1 aromatic rings. The molecule has 2 heteroatoms. The van der Waals surface area contributed by atoms with E-state index in [-0.39, 0.29) is 0 Å². The lowest BCUT2D eigenvalue weighted by molar-refractivity contribution is 0.0398. The van der Waals surface area contributed by atoms with Crippen LogP contribution in [-0.4, -0.2) is 23.5 Å². The molecule has 1 aliphatic heterocycles. The van der Waals surface area contributed by atoms with Crippen LogP contribution < -0.4 is 5.73 Å². The Morgan fingerprint density at radius 1 is 1.05 bits per heavy atom. The number of likely N-dealkylation sites (tertiary alicyclic amines) is 1. The van der Waals surface area contributed by atoms with Gasteiger partial charge in [0.15, 0.2) is 0 Å². The normalized spacial score (nSPS) is 34.8. The van der Waals surface area contributed by atoms with Gasteiger partial charge in [0, 0.05) is 24.7 Å². The molecule has 1 heterocycles. The first kappa shape index (κ1) is 14.1. The van der Waals surface area contributed by atoms with Gasteiger partial charge >= 0.3 is 0 Å². The molecule has 4 unspecified atom stereocenters. The molecular formula is C18H28N2. The van der Waals surface area contributed by atoms with Crippen LogP contribution in [0.4, 0.5) is 0 Å². The van der Waals surface area contributed by atoms with Crippen molar-refractivity contribution in [1.82, 2.24) is 4.90 Å².